The zero-order valence-corrected chi connectivity index (χ0v) is 14.5. The van der Waals surface area contributed by atoms with Gasteiger partial charge in [-0.1, -0.05) is 42.5 Å². The molecule has 0 aliphatic heterocycles. The summed E-state index contributed by atoms with van der Waals surface area (Å²) in [7, 11) is 0. The van der Waals surface area contributed by atoms with Crippen molar-refractivity contribution in [3.8, 4) is 11.1 Å². The highest BCUT2D eigenvalue weighted by Crippen LogP contribution is 2.36. The Morgan fingerprint density at radius 1 is 0.889 bits per heavy atom. The molecule has 10 nitrogen and oxygen atoms in total. The number of aromatic nitrogens is 2. The first-order chi connectivity index (χ1) is 12.8. The van der Waals surface area contributed by atoms with Crippen LogP contribution in [0.3, 0.4) is 0 Å². The Balaban J connectivity index is 2.34. The predicted octanol–water partition coefficient (Wildman–Crippen LogP) is 1.12. The lowest BCUT2D eigenvalue weighted by Crippen LogP contribution is -2.45. The normalized spacial score (nSPS) is 10.6. The summed E-state index contributed by atoms with van der Waals surface area (Å²) in [6.45, 7) is 1.68. The van der Waals surface area contributed by atoms with Crippen LogP contribution >= 0.6 is 0 Å². The van der Waals surface area contributed by atoms with Crippen LogP contribution in [0.5, 0.6) is 0 Å². The van der Waals surface area contributed by atoms with Crippen LogP contribution in [-0.2, 0) is 0 Å². The van der Waals surface area contributed by atoms with Gasteiger partial charge in [0.15, 0.2) is 5.82 Å². The second-order valence-electron chi connectivity index (χ2n) is 5.75. The van der Waals surface area contributed by atoms with E-state index in [4.69, 9.17) is 23.2 Å². The third kappa shape index (κ3) is 3.21. The summed E-state index contributed by atoms with van der Waals surface area (Å²) in [5, 5.41) is 3.10. The van der Waals surface area contributed by atoms with Gasteiger partial charge in [0.1, 0.15) is 0 Å². The highest BCUT2D eigenvalue weighted by Gasteiger charge is 2.24. The van der Waals surface area contributed by atoms with Gasteiger partial charge in [0.2, 0.25) is 0 Å². The lowest BCUT2D eigenvalue weighted by atomic mass is 9.97. The van der Waals surface area contributed by atoms with Crippen LogP contribution in [0, 0.1) is 6.92 Å². The fraction of sp³-hybridized carbons (Fsp3) is 0.0588. The second kappa shape index (κ2) is 6.86. The molecular formula is C17H18N8O2. The van der Waals surface area contributed by atoms with Crippen molar-refractivity contribution in [1.82, 2.24) is 9.97 Å². The monoisotopic (exact) mass is 366 g/mol. The van der Waals surface area contributed by atoms with Gasteiger partial charge in [-0.3, -0.25) is 0 Å². The number of aryl methyl sites for hydroxylation is 1. The standard InChI is InChI=1S/C17H18N8O2/c1-9-13(12-8-4-6-10-5-2-3-7-11(10)12)14(24(20)15(18)26)23-17(22-9)25(21)16(19)27/h2-8H,20-21H2,1H3,(H2,18,26)(H2,19,27). The number of amides is 4. The number of carbonyl (C=O) groups excluding carboxylic acids is 2. The molecule has 0 atom stereocenters. The number of nitrogens with two attached hydrogens (primary N) is 4. The Kier molecular flexibility index (Phi) is 4.59. The molecule has 0 saturated heterocycles. The molecule has 27 heavy (non-hydrogen) atoms. The molecule has 0 fully saturated rings. The van der Waals surface area contributed by atoms with Crippen molar-refractivity contribution < 1.29 is 9.59 Å². The van der Waals surface area contributed by atoms with Crippen LogP contribution in [0.4, 0.5) is 21.4 Å². The van der Waals surface area contributed by atoms with Gasteiger partial charge in [-0.15, -0.1) is 0 Å². The maximum absolute atomic E-state index is 11.7. The Labute approximate surface area is 154 Å². The first-order valence-corrected chi connectivity index (χ1v) is 7.86. The quantitative estimate of drug-likeness (QED) is 0.307. The molecule has 0 aliphatic carbocycles. The summed E-state index contributed by atoms with van der Waals surface area (Å²) in [5.74, 6) is 11.2. The zero-order chi connectivity index (χ0) is 19.7. The number of benzene rings is 2. The van der Waals surface area contributed by atoms with Gasteiger partial charge >= 0.3 is 12.1 Å². The maximum Gasteiger partial charge on any atom is 0.336 e. The molecule has 0 spiro atoms. The van der Waals surface area contributed by atoms with E-state index in [9.17, 15) is 9.59 Å². The van der Waals surface area contributed by atoms with Gasteiger partial charge < -0.3 is 11.5 Å². The summed E-state index contributed by atoms with van der Waals surface area (Å²) in [6.07, 6.45) is 0. The first kappa shape index (κ1) is 18.0. The number of hydrogen-bond donors (Lipinski definition) is 4. The first-order valence-electron chi connectivity index (χ1n) is 7.86. The summed E-state index contributed by atoms with van der Waals surface area (Å²) < 4.78 is 0. The number of rotatable bonds is 3. The topological polar surface area (TPSA) is 170 Å². The largest absolute Gasteiger partial charge is 0.350 e. The molecule has 0 saturated carbocycles. The molecule has 138 valence electrons. The number of carbonyl (C=O) groups is 2. The highest BCUT2D eigenvalue weighted by atomic mass is 16.2. The third-order valence-electron chi connectivity index (χ3n) is 4.04. The van der Waals surface area contributed by atoms with E-state index in [1.165, 1.54) is 0 Å². The SMILES string of the molecule is Cc1nc(N(N)C(N)=O)nc(N(N)C(N)=O)c1-c1cccc2ccccc12. The van der Waals surface area contributed by atoms with Crippen molar-refractivity contribution in [2.75, 3.05) is 10.0 Å². The minimum absolute atomic E-state index is 0.00180. The highest BCUT2D eigenvalue weighted by molar-refractivity contribution is 6.02. The lowest BCUT2D eigenvalue weighted by Gasteiger charge is -2.22. The van der Waals surface area contributed by atoms with Crippen LogP contribution in [0.25, 0.3) is 21.9 Å². The molecule has 3 rings (SSSR count). The van der Waals surface area contributed by atoms with Gasteiger partial charge in [0.25, 0.3) is 5.95 Å². The van der Waals surface area contributed by atoms with Crippen molar-refractivity contribution in [3.05, 3.63) is 48.2 Å². The predicted molar refractivity (Wildman–Crippen MR) is 102 cm³/mol. The van der Waals surface area contributed by atoms with Crippen LogP contribution < -0.4 is 33.2 Å². The van der Waals surface area contributed by atoms with Crippen LogP contribution in [0.2, 0.25) is 0 Å². The molecule has 10 heteroatoms. The van der Waals surface area contributed by atoms with Gasteiger partial charge in [0, 0.05) is 5.56 Å². The fourth-order valence-corrected chi connectivity index (χ4v) is 2.79. The van der Waals surface area contributed by atoms with Gasteiger partial charge in [0.05, 0.1) is 5.69 Å². The molecule has 0 aliphatic rings. The molecule has 0 unspecified atom stereocenters. The Hall–Kier alpha value is -3.76. The number of anilines is 2. The number of urea groups is 2. The minimum atomic E-state index is -0.971. The molecule has 0 bridgehead atoms. The molecule has 1 aromatic heterocycles. The summed E-state index contributed by atoms with van der Waals surface area (Å²) in [4.78, 5) is 31.4. The molecule has 2 aromatic carbocycles. The average molecular weight is 366 g/mol. The van der Waals surface area contributed by atoms with Crippen molar-refractivity contribution in [2.45, 2.75) is 6.92 Å². The van der Waals surface area contributed by atoms with Crippen LogP contribution in [-0.4, -0.2) is 22.0 Å². The van der Waals surface area contributed by atoms with E-state index in [2.05, 4.69) is 9.97 Å². The minimum Gasteiger partial charge on any atom is -0.350 e. The summed E-state index contributed by atoms with van der Waals surface area (Å²) in [6, 6.07) is 11.4. The number of nitrogens with zero attached hydrogens (tertiary/aromatic N) is 4. The third-order valence-corrected chi connectivity index (χ3v) is 4.04. The summed E-state index contributed by atoms with van der Waals surface area (Å²) in [5.41, 5.74) is 12.2. The Morgan fingerprint density at radius 3 is 2.19 bits per heavy atom. The van der Waals surface area contributed by atoms with E-state index in [1.54, 1.807) is 6.92 Å². The average Bonchev–Trinajstić information content (AvgIpc) is 2.65. The van der Waals surface area contributed by atoms with E-state index < -0.39 is 12.1 Å². The second-order valence-corrected chi connectivity index (χ2v) is 5.75. The Morgan fingerprint density at radius 2 is 1.52 bits per heavy atom. The van der Waals surface area contributed by atoms with Crippen LogP contribution in [0.15, 0.2) is 42.5 Å². The van der Waals surface area contributed by atoms with Gasteiger partial charge in [-0.25, -0.2) is 31.3 Å². The molecule has 1 heterocycles. The number of fused-ring (bicyclic) bond motifs is 1. The number of hydrazine groups is 2. The van der Waals surface area contributed by atoms with Crippen molar-refractivity contribution in [2.24, 2.45) is 23.2 Å². The van der Waals surface area contributed by atoms with Gasteiger partial charge in [-0.2, -0.15) is 9.99 Å². The number of primary amides is 2. The number of hydrogen-bond acceptors (Lipinski definition) is 6. The smallest absolute Gasteiger partial charge is 0.336 e. The Bertz CT molecular complexity index is 1050. The van der Waals surface area contributed by atoms with E-state index in [-0.39, 0.29) is 11.8 Å². The van der Waals surface area contributed by atoms with Gasteiger partial charge in [-0.05, 0) is 23.3 Å². The molecule has 0 radical (unpaired) electrons. The van der Waals surface area contributed by atoms with Crippen molar-refractivity contribution in [3.63, 3.8) is 0 Å². The summed E-state index contributed by atoms with van der Waals surface area (Å²) >= 11 is 0. The fourth-order valence-electron chi connectivity index (χ4n) is 2.79. The van der Waals surface area contributed by atoms with Crippen molar-refractivity contribution in [1.29, 1.82) is 0 Å². The van der Waals surface area contributed by atoms with E-state index in [1.807, 2.05) is 42.5 Å². The van der Waals surface area contributed by atoms with E-state index >= 15 is 0 Å². The molecule has 4 amide bonds. The zero-order valence-electron chi connectivity index (χ0n) is 14.5. The maximum atomic E-state index is 11.7. The molecule has 8 N–H and O–H groups in total. The molecule has 3 aromatic rings. The van der Waals surface area contributed by atoms with E-state index in [0.717, 1.165) is 16.3 Å². The molecular weight excluding hydrogens is 348 g/mol. The lowest BCUT2D eigenvalue weighted by molar-refractivity contribution is 0.253. The van der Waals surface area contributed by atoms with Crippen LogP contribution in [0.1, 0.15) is 5.69 Å². The van der Waals surface area contributed by atoms with E-state index in [0.29, 0.717) is 21.3 Å². The van der Waals surface area contributed by atoms with Crippen molar-refractivity contribution >= 4 is 34.6 Å².